The Morgan fingerprint density at radius 3 is 2.52 bits per heavy atom. The lowest BCUT2D eigenvalue weighted by Gasteiger charge is -2.24. The summed E-state index contributed by atoms with van der Waals surface area (Å²) in [7, 11) is 1.94. The summed E-state index contributed by atoms with van der Waals surface area (Å²) in [6, 6.07) is 18.0. The summed E-state index contributed by atoms with van der Waals surface area (Å²) in [5, 5.41) is 0.143. The van der Waals surface area contributed by atoms with Gasteiger partial charge in [0.25, 0.3) is 0 Å². The third-order valence-corrected chi connectivity index (χ3v) is 5.09. The summed E-state index contributed by atoms with van der Waals surface area (Å²) >= 11 is 6.41. The second-order valence-corrected chi connectivity index (χ2v) is 6.64. The lowest BCUT2D eigenvalue weighted by Crippen LogP contribution is -2.17. The highest BCUT2D eigenvalue weighted by atomic mass is 35.5. The number of anilines is 2. The molecule has 0 fully saturated rings. The van der Waals surface area contributed by atoms with Crippen LogP contribution in [0.15, 0.2) is 63.8 Å². The zero-order valence-electron chi connectivity index (χ0n) is 14.0. The SMILES string of the molecule is CN(c1ccccc1)c1c2c(oc(=O)c1Cl)-c1ccccc1CCC2. The molecule has 0 aliphatic heterocycles. The number of hydrogen-bond donors (Lipinski definition) is 0. The molecule has 1 aliphatic carbocycles. The van der Waals surface area contributed by atoms with Crippen LogP contribution in [0.25, 0.3) is 11.3 Å². The molecule has 126 valence electrons. The maximum absolute atomic E-state index is 12.4. The Labute approximate surface area is 151 Å². The normalized spacial score (nSPS) is 12.9. The van der Waals surface area contributed by atoms with E-state index in [-0.39, 0.29) is 5.02 Å². The molecule has 4 heteroatoms. The average Bonchev–Trinajstić information content (AvgIpc) is 2.82. The number of halogens is 1. The van der Waals surface area contributed by atoms with Crippen molar-refractivity contribution in [2.75, 3.05) is 11.9 Å². The number of benzene rings is 2. The summed E-state index contributed by atoms with van der Waals surface area (Å²) in [6.07, 6.45) is 2.77. The van der Waals surface area contributed by atoms with Crippen molar-refractivity contribution >= 4 is 23.0 Å². The number of rotatable bonds is 2. The van der Waals surface area contributed by atoms with Crippen molar-refractivity contribution in [3.63, 3.8) is 0 Å². The molecule has 4 rings (SSSR count). The average molecular weight is 352 g/mol. The molecule has 1 aliphatic rings. The lowest BCUT2D eigenvalue weighted by molar-refractivity contribution is 0.520. The Kier molecular flexibility index (Phi) is 4.10. The van der Waals surface area contributed by atoms with Gasteiger partial charge >= 0.3 is 5.63 Å². The maximum Gasteiger partial charge on any atom is 0.357 e. The lowest BCUT2D eigenvalue weighted by atomic mass is 10.0. The highest BCUT2D eigenvalue weighted by Crippen LogP contribution is 2.41. The van der Waals surface area contributed by atoms with Gasteiger partial charge in [0.15, 0.2) is 0 Å². The largest absolute Gasteiger partial charge is 0.421 e. The molecular weight excluding hydrogens is 334 g/mol. The van der Waals surface area contributed by atoms with Crippen molar-refractivity contribution in [2.24, 2.45) is 0 Å². The van der Waals surface area contributed by atoms with Crippen molar-refractivity contribution in [2.45, 2.75) is 19.3 Å². The highest BCUT2D eigenvalue weighted by molar-refractivity contribution is 6.33. The molecule has 3 aromatic rings. The van der Waals surface area contributed by atoms with E-state index in [1.165, 1.54) is 5.56 Å². The van der Waals surface area contributed by atoms with Gasteiger partial charge in [0.2, 0.25) is 0 Å². The smallest absolute Gasteiger partial charge is 0.357 e. The summed E-state index contributed by atoms with van der Waals surface area (Å²) in [4.78, 5) is 14.4. The van der Waals surface area contributed by atoms with Crippen LogP contribution in [0, 0.1) is 0 Å². The zero-order valence-corrected chi connectivity index (χ0v) is 14.7. The van der Waals surface area contributed by atoms with Gasteiger partial charge < -0.3 is 9.32 Å². The van der Waals surface area contributed by atoms with E-state index in [1.807, 2.05) is 60.5 Å². The second kappa shape index (κ2) is 6.41. The maximum atomic E-state index is 12.4. The Morgan fingerprint density at radius 2 is 1.72 bits per heavy atom. The molecule has 0 N–H and O–H groups in total. The summed E-state index contributed by atoms with van der Waals surface area (Å²) in [6.45, 7) is 0. The van der Waals surface area contributed by atoms with Crippen LogP contribution >= 0.6 is 11.6 Å². The minimum atomic E-state index is -0.491. The zero-order chi connectivity index (χ0) is 17.4. The van der Waals surface area contributed by atoms with Gasteiger partial charge in [0.1, 0.15) is 10.8 Å². The van der Waals surface area contributed by atoms with E-state index in [9.17, 15) is 4.79 Å². The van der Waals surface area contributed by atoms with Crippen LogP contribution < -0.4 is 10.5 Å². The van der Waals surface area contributed by atoms with Gasteiger partial charge in [-0.15, -0.1) is 0 Å². The minimum Gasteiger partial charge on any atom is -0.421 e. The van der Waals surface area contributed by atoms with Gasteiger partial charge in [0.05, 0.1) is 5.69 Å². The molecular formula is C21H18ClNO2. The number of fused-ring (bicyclic) bond motifs is 3. The fraction of sp³-hybridized carbons (Fsp3) is 0.190. The number of hydrogen-bond acceptors (Lipinski definition) is 3. The predicted octanol–water partition coefficient (Wildman–Crippen LogP) is 5.22. The first-order valence-electron chi connectivity index (χ1n) is 8.39. The topological polar surface area (TPSA) is 33.5 Å². The van der Waals surface area contributed by atoms with Gasteiger partial charge in [-0.05, 0) is 37.0 Å². The number of aryl methyl sites for hydroxylation is 1. The quantitative estimate of drug-likeness (QED) is 0.635. The Bertz CT molecular complexity index is 979. The van der Waals surface area contributed by atoms with Gasteiger partial charge in [0, 0.05) is 23.9 Å². The Hall–Kier alpha value is -2.52. The van der Waals surface area contributed by atoms with Crippen LogP contribution in [-0.2, 0) is 12.8 Å². The molecule has 0 atom stereocenters. The first-order chi connectivity index (χ1) is 12.2. The van der Waals surface area contributed by atoms with E-state index in [4.69, 9.17) is 16.0 Å². The van der Waals surface area contributed by atoms with E-state index in [1.54, 1.807) is 0 Å². The standard InChI is InChI=1S/C21H18ClNO2/c1-23(15-10-3-2-4-11-15)19-17-13-7-9-14-8-5-6-12-16(14)20(17)25-21(24)18(19)22/h2-6,8,10-12H,7,9,13H2,1H3. The fourth-order valence-electron chi connectivity index (χ4n) is 3.53. The van der Waals surface area contributed by atoms with Crippen molar-refractivity contribution in [1.29, 1.82) is 0 Å². The van der Waals surface area contributed by atoms with E-state index >= 15 is 0 Å². The molecule has 0 saturated carbocycles. The first-order valence-corrected chi connectivity index (χ1v) is 8.77. The van der Waals surface area contributed by atoms with Gasteiger partial charge in [-0.2, -0.15) is 0 Å². The van der Waals surface area contributed by atoms with Crippen LogP contribution in [0.1, 0.15) is 17.5 Å². The van der Waals surface area contributed by atoms with E-state index in [0.29, 0.717) is 5.76 Å². The van der Waals surface area contributed by atoms with Crippen LogP contribution in [0.5, 0.6) is 0 Å². The summed E-state index contributed by atoms with van der Waals surface area (Å²) < 4.78 is 5.65. The monoisotopic (exact) mass is 351 g/mol. The van der Waals surface area contributed by atoms with E-state index in [2.05, 4.69) is 6.07 Å². The predicted molar refractivity (Wildman–Crippen MR) is 102 cm³/mol. The fourth-order valence-corrected chi connectivity index (χ4v) is 3.81. The third-order valence-electron chi connectivity index (χ3n) is 4.76. The van der Waals surface area contributed by atoms with Crippen LogP contribution in [0.4, 0.5) is 11.4 Å². The van der Waals surface area contributed by atoms with Crippen LogP contribution in [-0.4, -0.2) is 7.05 Å². The highest BCUT2D eigenvalue weighted by Gasteiger charge is 2.25. The van der Waals surface area contributed by atoms with Crippen molar-refractivity contribution in [3.8, 4) is 11.3 Å². The van der Waals surface area contributed by atoms with Crippen molar-refractivity contribution < 1.29 is 4.42 Å². The minimum absolute atomic E-state index is 0.143. The summed E-state index contributed by atoms with van der Waals surface area (Å²) in [5.74, 6) is 0.653. The van der Waals surface area contributed by atoms with E-state index < -0.39 is 5.63 Å². The van der Waals surface area contributed by atoms with Crippen molar-refractivity contribution in [1.82, 2.24) is 0 Å². The number of nitrogens with zero attached hydrogens (tertiary/aromatic N) is 1. The third kappa shape index (κ3) is 2.75. The van der Waals surface area contributed by atoms with Gasteiger partial charge in [-0.3, -0.25) is 0 Å². The molecule has 1 heterocycles. The van der Waals surface area contributed by atoms with Gasteiger partial charge in [-0.1, -0.05) is 54.1 Å². The molecule has 0 amide bonds. The molecule has 0 saturated heterocycles. The first kappa shape index (κ1) is 16.0. The van der Waals surface area contributed by atoms with Crippen LogP contribution in [0.2, 0.25) is 5.02 Å². The van der Waals surface area contributed by atoms with Crippen molar-refractivity contribution in [3.05, 3.63) is 81.2 Å². The molecule has 1 aromatic heterocycles. The van der Waals surface area contributed by atoms with Gasteiger partial charge in [-0.25, -0.2) is 4.79 Å². The Balaban J connectivity index is 1.98. The molecule has 25 heavy (non-hydrogen) atoms. The molecule has 0 unspecified atom stereocenters. The molecule has 3 nitrogen and oxygen atoms in total. The number of para-hydroxylation sites is 1. The second-order valence-electron chi connectivity index (χ2n) is 6.27. The summed E-state index contributed by atoms with van der Waals surface area (Å²) in [5.41, 5.74) is 4.44. The molecule has 0 radical (unpaired) electrons. The van der Waals surface area contributed by atoms with E-state index in [0.717, 1.165) is 41.8 Å². The molecule has 0 bridgehead atoms. The van der Waals surface area contributed by atoms with Crippen LogP contribution in [0.3, 0.4) is 0 Å². The molecule has 2 aromatic carbocycles. The Morgan fingerprint density at radius 1 is 1.00 bits per heavy atom. The molecule has 0 spiro atoms.